The second kappa shape index (κ2) is 8.88. The third-order valence-electron chi connectivity index (χ3n) is 3.26. The van der Waals surface area contributed by atoms with Crippen molar-refractivity contribution >= 4 is 29.2 Å². The number of esters is 1. The van der Waals surface area contributed by atoms with E-state index >= 15 is 0 Å². The number of hydrogen-bond donors (Lipinski definition) is 0. The van der Waals surface area contributed by atoms with E-state index in [0.717, 1.165) is 11.1 Å². The Labute approximate surface area is 151 Å². The van der Waals surface area contributed by atoms with Crippen molar-refractivity contribution in [2.75, 3.05) is 20.8 Å². The van der Waals surface area contributed by atoms with Crippen molar-refractivity contribution in [3.8, 4) is 17.6 Å². The molecule has 128 valence electrons. The second-order valence-electron chi connectivity index (χ2n) is 4.99. The molecule has 0 atom stereocenters. The lowest BCUT2D eigenvalue weighted by molar-refractivity contribution is -0.138. The predicted octanol–water partition coefficient (Wildman–Crippen LogP) is 3.96. The zero-order valence-electron chi connectivity index (χ0n) is 13.8. The van der Waals surface area contributed by atoms with Crippen LogP contribution < -0.4 is 9.47 Å². The highest BCUT2D eigenvalue weighted by atomic mass is 35.5. The first-order chi connectivity index (χ1) is 12.1. The van der Waals surface area contributed by atoms with Gasteiger partial charge in [0.05, 0.1) is 18.8 Å². The number of carbonyl (C=O) groups is 1. The highest BCUT2D eigenvalue weighted by Gasteiger charge is 2.11. The Hall–Kier alpha value is -2.81. The summed E-state index contributed by atoms with van der Waals surface area (Å²) in [6.07, 6.45) is 1.71. The average Bonchev–Trinajstić information content (AvgIpc) is 2.61. The summed E-state index contributed by atoms with van der Waals surface area (Å²) in [6, 6.07) is 14.2. The van der Waals surface area contributed by atoms with Gasteiger partial charge in [-0.3, -0.25) is 0 Å². The van der Waals surface area contributed by atoms with Gasteiger partial charge in [0, 0.05) is 12.1 Å². The minimum atomic E-state index is -0.525. The standard InChI is InChI=1S/C19H16ClNO4/c1-23-12-19(22)25-17-8-3-13(10-18(17)24-2)9-15(11-21)14-4-6-16(20)7-5-14/h3-10H,12H2,1-2H3/b15-9-. The van der Waals surface area contributed by atoms with Crippen LogP contribution in [0, 0.1) is 11.3 Å². The van der Waals surface area contributed by atoms with Crippen LogP contribution in [0.3, 0.4) is 0 Å². The summed E-state index contributed by atoms with van der Waals surface area (Å²) in [6.45, 7) is -0.153. The molecule has 25 heavy (non-hydrogen) atoms. The van der Waals surface area contributed by atoms with Gasteiger partial charge >= 0.3 is 5.97 Å². The summed E-state index contributed by atoms with van der Waals surface area (Å²) in [4.78, 5) is 11.5. The minimum Gasteiger partial charge on any atom is -0.493 e. The minimum absolute atomic E-state index is 0.153. The largest absolute Gasteiger partial charge is 0.493 e. The molecule has 0 unspecified atom stereocenters. The van der Waals surface area contributed by atoms with E-state index in [1.807, 2.05) is 0 Å². The molecule has 2 aromatic carbocycles. The molecule has 2 rings (SSSR count). The van der Waals surface area contributed by atoms with Crippen LogP contribution in [0.2, 0.25) is 5.02 Å². The van der Waals surface area contributed by atoms with Crippen LogP contribution in [-0.4, -0.2) is 26.8 Å². The van der Waals surface area contributed by atoms with E-state index in [2.05, 4.69) is 6.07 Å². The Kier molecular flexibility index (Phi) is 6.58. The Morgan fingerprint density at radius 1 is 1.16 bits per heavy atom. The third-order valence-corrected chi connectivity index (χ3v) is 3.51. The molecule has 2 aromatic rings. The van der Waals surface area contributed by atoms with Gasteiger partial charge in [0.1, 0.15) is 6.61 Å². The van der Waals surface area contributed by atoms with Crippen LogP contribution in [0.1, 0.15) is 11.1 Å². The molecule has 0 radical (unpaired) electrons. The molecule has 6 heteroatoms. The van der Waals surface area contributed by atoms with E-state index in [4.69, 9.17) is 25.8 Å². The normalized spacial score (nSPS) is 10.9. The summed E-state index contributed by atoms with van der Waals surface area (Å²) in [7, 11) is 2.88. The number of ether oxygens (including phenoxy) is 3. The van der Waals surface area contributed by atoms with Crippen LogP contribution in [0.25, 0.3) is 11.6 Å². The maximum Gasteiger partial charge on any atom is 0.337 e. The monoisotopic (exact) mass is 357 g/mol. The van der Waals surface area contributed by atoms with Gasteiger partial charge < -0.3 is 14.2 Å². The smallest absolute Gasteiger partial charge is 0.337 e. The quantitative estimate of drug-likeness (QED) is 0.339. The molecule has 0 aliphatic rings. The lowest BCUT2D eigenvalue weighted by Crippen LogP contribution is -2.14. The van der Waals surface area contributed by atoms with E-state index in [1.165, 1.54) is 14.2 Å². The van der Waals surface area contributed by atoms with Crippen molar-refractivity contribution in [2.24, 2.45) is 0 Å². The molecule has 0 spiro atoms. The molecule has 5 nitrogen and oxygen atoms in total. The van der Waals surface area contributed by atoms with Gasteiger partial charge in [0.25, 0.3) is 0 Å². The SMILES string of the molecule is COCC(=O)Oc1ccc(/C=C(/C#N)c2ccc(Cl)cc2)cc1OC. The Morgan fingerprint density at radius 2 is 1.88 bits per heavy atom. The fourth-order valence-electron chi connectivity index (χ4n) is 2.10. The summed E-state index contributed by atoms with van der Waals surface area (Å²) in [5.41, 5.74) is 1.96. The molecule has 0 fully saturated rings. The summed E-state index contributed by atoms with van der Waals surface area (Å²) in [5.74, 6) is 0.140. The van der Waals surface area contributed by atoms with Gasteiger partial charge in [-0.05, 0) is 41.5 Å². The van der Waals surface area contributed by atoms with E-state index in [9.17, 15) is 10.1 Å². The molecule has 0 heterocycles. The van der Waals surface area contributed by atoms with Crippen molar-refractivity contribution in [1.29, 1.82) is 5.26 Å². The Morgan fingerprint density at radius 3 is 2.48 bits per heavy atom. The fourth-order valence-corrected chi connectivity index (χ4v) is 2.23. The van der Waals surface area contributed by atoms with Crippen molar-refractivity contribution in [2.45, 2.75) is 0 Å². The van der Waals surface area contributed by atoms with Crippen molar-refractivity contribution in [3.05, 3.63) is 58.6 Å². The summed E-state index contributed by atoms with van der Waals surface area (Å²) >= 11 is 5.87. The topological polar surface area (TPSA) is 68.5 Å². The van der Waals surface area contributed by atoms with Gasteiger partial charge in [-0.25, -0.2) is 4.79 Å². The van der Waals surface area contributed by atoms with Gasteiger partial charge in [0.2, 0.25) is 0 Å². The lowest BCUT2D eigenvalue weighted by atomic mass is 10.0. The van der Waals surface area contributed by atoms with Gasteiger partial charge in [-0.15, -0.1) is 0 Å². The summed E-state index contributed by atoms with van der Waals surface area (Å²) in [5, 5.41) is 10.0. The van der Waals surface area contributed by atoms with Crippen molar-refractivity contribution in [1.82, 2.24) is 0 Å². The number of rotatable bonds is 6. The number of methoxy groups -OCH3 is 2. The number of hydrogen-bond acceptors (Lipinski definition) is 5. The molecule has 0 bridgehead atoms. The van der Waals surface area contributed by atoms with Crippen molar-refractivity contribution < 1.29 is 19.0 Å². The van der Waals surface area contributed by atoms with Gasteiger partial charge in [-0.2, -0.15) is 5.26 Å². The van der Waals surface area contributed by atoms with E-state index < -0.39 is 5.97 Å². The molecule has 0 saturated carbocycles. The van der Waals surface area contributed by atoms with Gasteiger partial charge in [0.15, 0.2) is 11.5 Å². The first-order valence-electron chi connectivity index (χ1n) is 7.32. The molecule has 0 aliphatic carbocycles. The van der Waals surface area contributed by atoms with Gasteiger partial charge in [-0.1, -0.05) is 29.8 Å². The highest BCUT2D eigenvalue weighted by molar-refractivity contribution is 6.30. The molecule has 0 amide bonds. The van der Waals surface area contributed by atoms with E-state index in [0.29, 0.717) is 16.3 Å². The zero-order valence-corrected chi connectivity index (χ0v) is 14.5. The first kappa shape index (κ1) is 18.5. The summed E-state index contributed by atoms with van der Waals surface area (Å²) < 4.78 is 15.2. The predicted molar refractivity (Wildman–Crippen MR) is 95.4 cm³/mol. The molecular weight excluding hydrogens is 342 g/mol. The third kappa shape index (κ3) is 5.08. The lowest BCUT2D eigenvalue weighted by Gasteiger charge is -2.10. The molecular formula is C19H16ClNO4. The van der Waals surface area contributed by atoms with Crippen LogP contribution in [-0.2, 0) is 9.53 Å². The number of allylic oxidation sites excluding steroid dienone is 1. The molecule has 0 N–H and O–H groups in total. The Balaban J connectivity index is 2.31. The van der Waals surface area contributed by atoms with E-state index in [1.54, 1.807) is 48.5 Å². The average molecular weight is 358 g/mol. The second-order valence-corrected chi connectivity index (χ2v) is 5.43. The number of nitriles is 1. The zero-order chi connectivity index (χ0) is 18.2. The molecule has 0 aliphatic heterocycles. The molecule has 0 saturated heterocycles. The number of carbonyl (C=O) groups excluding carboxylic acids is 1. The Bertz CT molecular complexity index is 822. The van der Waals surface area contributed by atoms with E-state index in [-0.39, 0.29) is 12.4 Å². The maximum atomic E-state index is 11.5. The van der Waals surface area contributed by atoms with Crippen LogP contribution in [0.5, 0.6) is 11.5 Å². The number of nitrogens with zero attached hydrogens (tertiary/aromatic N) is 1. The number of halogens is 1. The highest BCUT2D eigenvalue weighted by Crippen LogP contribution is 2.30. The van der Waals surface area contributed by atoms with Crippen LogP contribution >= 0.6 is 11.6 Å². The van der Waals surface area contributed by atoms with Crippen LogP contribution in [0.4, 0.5) is 0 Å². The maximum absolute atomic E-state index is 11.5. The van der Waals surface area contributed by atoms with Crippen molar-refractivity contribution in [3.63, 3.8) is 0 Å². The molecule has 0 aromatic heterocycles. The number of benzene rings is 2. The first-order valence-corrected chi connectivity index (χ1v) is 7.70. The van der Waals surface area contributed by atoms with Crippen LogP contribution in [0.15, 0.2) is 42.5 Å². The fraction of sp³-hybridized carbons (Fsp3) is 0.158.